The predicted molar refractivity (Wildman–Crippen MR) is 81.3 cm³/mol. The molecule has 0 unspecified atom stereocenters. The van der Waals surface area contributed by atoms with Crippen molar-refractivity contribution in [1.29, 1.82) is 0 Å². The first kappa shape index (κ1) is 14.9. The maximum Gasteiger partial charge on any atom is 0.124 e. The molecule has 0 saturated carbocycles. The van der Waals surface area contributed by atoms with Gasteiger partial charge in [0.2, 0.25) is 0 Å². The van der Waals surface area contributed by atoms with Crippen LogP contribution in [0, 0.1) is 0 Å². The van der Waals surface area contributed by atoms with Crippen LogP contribution in [0.25, 0.3) is 0 Å². The molecule has 1 N–H and O–H groups in total. The number of rotatable bonds is 7. The van der Waals surface area contributed by atoms with Crippen molar-refractivity contribution in [1.82, 2.24) is 15.1 Å². The minimum Gasteiger partial charge on any atom is -0.496 e. The molecule has 1 aromatic heterocycles. The summed E-state index contributed by atoms with van der Waals surface area (Å²) in [4.78, 5) is 0. The van der Waals surface area contributed by atoms with Gasteiger partial charge in [0.25, 0.3) is 0 Å². The Morgan fingerprint density at radius 1 is 1.40 bits per heavy atom. The standard InChI is InChI=1S/C15H20ClN3O/c1-3-6-17-8-12-9-18-19(10-12)11-13-7-14(16)4-5-15(13)20-2/h4-5,7,9-10,17H,3,6,8,11H2,1-2H3. The van der Waals surface area contributed by atoms with Gasteiger partial charge in [-0.05, 0) is 31.2 Å². The highest BCUT2D eigenvalue weighted by Crippen LogP contribution is 2.23. The molecule has 1 heterocycles. The largest absolute Gasteiger partial charge is 0.496 e. The lowest BCUT2D eigenvalue weighted by molar-refractivity contribution is 0.407. The first-order valence-electron chi connectivity index (χ1n) is 6.77. The molecule has 0 spiro atoms. The van der Waals surface area contributed by atoms with E-state index in [0.717, 1.165) is 30.8 Å². The lowest BCUT2D eigenvalue weighted by Gasteiger charge is -2.09. The van der Waals surface area contributed by atoms with E-state index in [1.165, 1.54) is 5.56 Å². The highest BCUT2D eigenvalue weighted by atomic mass is 35.5. The zero-order valence-corrected chi connectivity index (χ0v) is 12.7. The van der Waals surface area contributed by atoms with Gasteiger partial charge in [-0.2, -0.15) is 5.10 Å². The summed E-state index contributed by atoms with van der Waals surface area (Å²) in [5.74, 6) is 0.829. The summed E-state index contributed by atoms with van der Waals surface area (Å²) in [6, 6.07) is 5.62. The fraction of sp³-hybridized carbons (Fsp3) is 0.400. The summed E-state index contributed by atoms with van der Waals surface area (Å²) in [6.07, 6.45) is 5.07. The van der Waals surface area contributed by atoms with Crippen molar-refractivity contribution in [3.8, 4) is 5.75 Å². The second-order valence-electron chi connectivity index (χ2n) is 4.68. The predicted octanol–water partition coefficient (Wildman–Crippen LogP) is 3.09. The number of ether oxygens (including phenoxy) is 1. The highest BCUT2D eigenvalue weighted by molar-refractivity contribution is 6.30. The van der Waals surface area contributed by atoms with Gasteiger partial charge in [-0.3, -0.25) is 4.68 Å². The Balaban J connectivity index is 2.04. The molecule has 4 nitrogen and oxygen atoms in total. The molecular formula is C15H20ClN3O. The molecule has 0 fully saturated rings. The number of methoxy groups -OCH3 is 1. The normalized spacial score (nSPS) is 10.8. The van der Waals surface area contributed by atoms with Gasteiger partial charge in [-0.25, -0.2) is 0 Å². The molecule has 0 aliphatic heterocycles. The Bertz CT molecular complexity index is 554. The fourth-order valence-electron chi connectivity index (χ4n) is 2.04. The molecule has 0 radical (unpaired) electrons. The van der Waals surface area contributed by atoms with Crippen molar-refractivity contribution in [2.24, 2.45) is 0 Å². The second kappa shape index (κ2) is 7.31. The maximum atomic E-state index is 6.03. The van der Waals surface area contributed by atoms with Gasteiger partial charge < -0.3 is 10.1 Å². The van der Waals surface area contributed by atoms with Crippen LogP contribution >= 0.6 is 11.6 Å². The summed E-state index contributed by atoms with van der Waals surface area (Å²) < 4.78 is 7.25. The molecule has 0 aliphatic rings. The number of hydrogen-bond acceptors (Lipinski definition) is 3. The Hall–Kier alpha value is -1.52. The number of halogens is 1. The molecule has 0 atom stereocenters. The van der Waals surface area contributed by atoms with Crippen LogP contribution in [0.1, 0.15) is 24.5 Å². The Kier molecular flexibility index (Phi) is 5.44. The molecule has 0 saturated heterocycles. The van der Waals surface area contributed by atoms with Crippen LogP contribution in [0.3, 0.4) is 0 Å². The monoisotopic (exact) mass is 293 g/mol. The van der Waals surface area contributed by atoms with E-state index in [4.69, 9.17) is 16.3 Å². The van der Waals surface area contributed by atoms with Crippen molar-refractivity contribution in [2.75, 3.05) is 13.7 Å². The summed E-state index contributed by atoms with van der Waals surface area (Å²) in [5.41, 5.74) is 2.20. The van der Waals surface area contributed by atoms with Crippen molar-refractivity contribution >= 4 is 11.6 Å². The molecular weight excluding hydrogens is 274 g/mol. The van der Waals surface area contributed by atoms with Crippen molar-refractivity contribution in [3.63, 3.8) is 0 Å². The fourth-order valence-corrected chi connectivity index (χ4v) is 2.23. The van der Waals surface area contributed by atoms with Crippen molar-refractivity contribution < 1.29 is 4.74 Å². The average Bonchev–Trinajstić information content (AvgIpc) is 2.87. The second-order valence-corrected chi connectivity index (χ2v) is 5.12. The lowest BCUT2D eigenvalue weighted by Crippen LogP contribution is -2.13. The van der Waals surface area contributed by atoms with E-state index in [1.807, 2.05) is 35.3 Å². The number of benzene rings is 1. The van der Waals surface area contributed by atoms with Gasteiger partial charge in [0.05, 0.1) is 19.9 Å². The summed E-state index contributed by atoms with van der Waals surface area (Å²) in [6.45, 7) is 4.67. The third-order valence-electron chi connectivity index (χ3n) is 3.02. The van der Waals surface area contributed by atoms with Gasteiger partial charge in [0, 0.05) is 28.9 Å². The molecule has 2 aromatic rings. The van der Waals surface area contributed by atoms with Gasteiger partial charge in [-0.1, -0.05) is 18.5 Å². The van der Waals surface area contributed by atoms with Gasteiger partial charge in [0.1, 0.15) is 5.75 Å². The first-order valence-corrected chi connectivity index (χ1v) is 7.15. The van der Waals surface area contributed by atoms with E-state index >= 15 is 0 Å². The average molecular weight is 294 g/mol. The Labute approximate surface area is 124 Å². The zero-order chi connectivity index (χ0) is 14.4. The molecule has 0 bridgehead atoms. The molecule has 20 heavy (non-hydrogen) atoms. The molecule has 5 heteroatoms. The molecule has 108 valence electrons. The number of hydrogen-bond donors (Lipinski definition) is 1. The Morgan fingerprint density at radius 3 is 3.00 bits per heavy atom. The third kappa shape index (κ3) is 3.99. The smallest absolute Gasteiger partial charge is 0.124 e. The quantitative estimate of drug-likeness (QED) is 0.797. The van der Waals surface area contributed by atoms with E-state index in [0.29, 0.717) is 11.6 Å². The van der Waals surface area contributed by atoms with Gasteiger partial charge in [-0.15, -0.1) is 0 Å². The minimum atomic E-state index is 0.650. The molecule has 1 aromatic carbocycles. The van der Waals surface area contributed by atoms with Crippen molar-refractivity contribution in [2.45, 2.75) is 26.4 Å². The van der Waals surface area contributed by atoms with E-state index in [2.05, 4.69) is 17.3 Å². The summed E-state index contributed by atoms with van der Waals surface area (Å²) >= 11 is 6.03. The van der Waals surface area contributed by atoms with E-state index < -0.39 is 0 Å². The highest BCUT2D eigenvalue weighted by Gasteiger charge is 2.06. The van der Waals surface area contributed by atoms with Crippen LogP contribution < -0.4 is 10.1 Å². The molecule has 0 aliphatic carbocycles. The van der Waals surface area contributed by atoms with Crippen LogP contribution in [0.15, 0.2) is 30.6 Å². The van der Waals surface area contributed by atoms with Gasteiger partial charge in [0.15, 0.2) is 0 Å². The molecule has 2 rings (SSSR count). The number of aromatic nitrogens is 2. The van der Waals surface area contributed by atoms with E-state index in [1.54, 1.807) is 7.11 Å². The topological polar surface area (TPSA) is 39.1 Å². The third-order valence-corrected chi connectivity index (χ3v) is 3.25. The molecule has 0 amide bonds. The zero-order valence-electron chi connectivity index (χ0n) is 11.9. The van der Waals surface area contributed by atoms with Crippen LogP contribution in [0.5, 0.6) is 5.75 Å². The maximum absolute atomic E-state index is 6.03. The van der Waals surface area contributed by atoms with Crippen molar-refractivity contribution in [3.05, 3.63) is 46.7 Å². The van der Waals surface area contributed by atoms with Crippen LogP contribution in [0.2, 0.25) is 5.02 Å². The first-order chi connectivity index (χ1) is 9.72. The van der Waals surface area contributed by atoms with Crippen LogP contribution in [-0.2, 0) is 13.1 Å². The SMILES string of the molecule is CCCNCc1cnn(Cc2cc(Cl)ccc2OC)c1. The van der Waals surface area contributed by atoms with E-state index in [9.17, 15) is 0 Å². The number of nitrogens with zero attached hydrogens (tertiary/aromatic N) is 2. The van der Waals surface area contributed by atoms with Crippen LogP contribution in [0.4, 0.5) is 0 Å². The van der Waals surface area contributed by atoms with Crippen LogP contribution in [-0.4, -0.2) is 23.4 Å². The van der Waals surface area contributed by atoms with E-state index in [-0.39, 0.29) is 0 Å². The summed E-state index contributed by atoms with van der Waals surface area (Å²) in [5, 5.41) is 8.44. The Morgan fingerprint density at radius 2 is 2.25 bits per heavy atom. The van der Waals surface area contributed by atoms with Gasteiger partial charge >= 0.3 is 0 Å². The summed E-state index contributed by atoms with van der Waals surface area (Å²) in [7, 11) is 1.66. The minimum absolute atomic E-state index is 0.650. The number of nitrogens with one attached hydrogen (secondary N) is 1. The lowest BCUT2D eigenvalue weighted by atomic mass is 10.2.